The number of nitrogens with zero attached hydrogens (tertiary/aromatic N) is 1. The van der Waals surface area contributed by atoms with Crippen LogP contribution in [-0.4, -0.2) is 12.1 Å². The van der Waals surface area contributed by atoms with Gasteiger partial charge in [0.1, 0.15) is 16.9 Å². The van der Waals surface area contributed by atoms with Crippen molar-refractivity contribution >= 4 is 17.0 Å². The van der Waals surface area contributed by atoms with Crippen molar-refractivity contribution in [1.82, 2.24) is 4.98 Å². The molecule has 0 fully saturated rings. The van der Waals surface area contributed by atoms with E-state index in [1.54, 1.807) is 12.5 Å². The number of hydrogen-bond donors (Lipinski definition) is 1. The zero-order chi connectivity index (χ0) is 14.7. The highest BCUT2D eigenvalue weighted by Gasteiger charge is 2.12. The smallest absolute Gasteiger partial charge is 0.161 e. The molecular weight excluding hydrogens is 289 g/mol. The van der Waals surface area contributed by atoms with Crippen LogP contribution >= 0.6 is 11.3 Å². The molecule has 0 bridgehead atoms. The Hall–Kier alpha value is -1.60. The van der Waals surface area contributed by atoms with Gasteiger partial charge in [0, 0.05) is 24.6 Å². The standard InChI is InChI=1S/C13H13F3N2OS/c1-7(19-2)13-18-8(6-20-13)5-17-12-4-10(15)9(14)3-11(12)16/h3-4,6-7,17H,5H2,1-2H3. The van der Waals surface area contributed by atoms with Crippen LogP contribution in [0.25, 0.3) is 0 Å². The van der Waals surface area contributed by atoms with Crippen LogP contribution < -0.4 is 5.32 Å². The average molecular weight is 302 g/mol. The molecule has 1 atom stereocenters. The van der Waals surface area contributed by atoms with E-state index in [1.807, 2.05) is 6.92 Å². The molecule has 1 heterocycles. The third kappa shape index (κ3) is 3.29. The maximum absolute atomic E-state index is 13.4. The number of nitrogens with one attached hydrogen (secondary N) is 1. The summed E-state index contributed by atoms with van der Waals surface area (Å²) in [7, 11) is 1.58. The zero-order valence-electron chi connectivity index (χ0n) is 10.9. The molecule has 0 amide bonds. The molecule has 0 aliphatic carbocycles. The molecule has 1 aromatic heterocycles. The monoisotopic (exact) mass is 302 g/mol. The second-order valence-corrected chi connectivity index (χ2v) is 5.04. The lowest BCUT2D eigenvalue weighted by atomic mass is 10.2. The summed E-state index contributed by atoms with van der Waals surface area (Å²) in [5.41, 5.74) is 0.580. The average Bonchev–Trinajstić information content (AvgIpc) is 2.89. The summed E-state index contributed by atoms with van der Waals surface area (Å²) in [6, 6.07) is 1.30. The van der Waals surface area contributed by atoms with Gasteiger partial charge in [-0.25, -0.2) is 18.2 Å². The first-order chi connectivity index (χ1) is 9.51. The highest BCUT2D eigenvalue weighted by Crippen LogP contribution is 2.22. The maximum Gasteiger partial charge on any atom is 0.161 e. The number of benzene rings is 1. The second-order valence-electron chi connectivity index (χ2n) is 4.15. The van der Waals surface area contributed by atoms with Gasteiger partial charge in [0.15, 0.2) is 11.6 Å². The Balaban J connectivity index is 2.05. The highest BCUT2D eigenvalue weighted by molar-refractivity contribution is 7.09. The van der Waals surface area contributed by atoms with Gasteiger partial charge in [-0.15, -0.1) is 11.3 Å². The van der Waals surface area contributed by atoms with Gasteiger partial charge in [-0.3, -0.25) is 0 Å². The lowest BCUT2D eigenvalue weighted by Gasteiger charge is -2.07. The van der Waals surface area contributed by atoms with Crippen molar-refractivity contribution < 1.29 is 17.9 Å². The molecule has 0 aliphatic rings. The Bertz CT molecular complexity index is 603. The van der Waals surface area contributed by atoms with E-state index < -0.39 is 17.5 Å². The number of aromatic nitrogens is 1. The lowest BCUT2D eigenvalue weighted by Crippen LogP contribution is -2.04. The highest BCUT2D eigenvalue weighted by atomic mass is 32.1. The largest absolute Gasteiger partial charge is 0.377 e. The molecule has 0 saturated heterocycles. The van der Waals surface area contributed by atoms with Gasteiger partial charge < -0.3 is 10.1 Å². The van der Waals surface area contributed by atoms with Crippen LogP contribution in [0.5, 0.6) is 0 Å². The molecule has 0 saturated carbocycles. The molecule has 0 aliphatic heterocycles. The van der Waals surface area contributed by atoms with Gasteiger partial charge in [-0.05, 0) is 6.92 Å². The number of anilines is 1. The number of methoxy groups -OCH3 is 1. The van der Waals surface area contributed by atoms with E-state index in [0.29, 0.717) is 11.8 Å². The molecule has 2 aromatic rings. The minimum atomic E-state index is -1.21. The van der Waals surface area contributed by atoms with E-state index in [2.05, 4.69) is 10.3 Å². The quantitative estimate of drug-likeness (QED) is 0.851. The molecule has 0 radical (unpaired) electrons. The molecular formula is C13H13F3N2OS. The Morgan fingerprint density at radius 1 is 1.25 bits per heavy atom. The van der Waals surface area contributed by atoms with Crippen molar-refractivity contribution in [2.24, 2.45) is 0 Å². The number of halogens is 3. The Kier molecular flexibility index (Phi) is 4.61. The first-order valence-corrected chi connectivity index (χ1v) is 6.74. The van der Waals surface area contributed by atoms with Gasteiger partial charge in [-0.1, -0.05) is 0 Å². The fourth-order valence-corrected chi connectivity index (χ4v) is 2.39. The van der Waals surface area contributed by atoms with Crippen LogP contribution in [0.4, 0.5) is 18.9 Å². The third-order valence-electron chi connectivity index (χ3n) is 2.74. The minimum Gasteiger partial charge on any atom is -0.377 e. The van der Waals surface area contributed by atoms with Crippen LogP contribution in [0.2, 0.25) is 0 Å². The van der Waals surface area contributed by atoms with Crippen molar-refractivity contribution in [1.29, 1.82) is 0 Å². The third-order valence-corrected chi connectivity index (χ3v) is 3.80. The van der Waals surface area contributed by atoms with Crippen LogP contribution in [0.1, 0.15) is 23.7 Å². The molecule has 1 unspecified atom stereocenters. The Morgan fingerprint density at radius 3 is 2.65 bits per heavy atom. The zero-order valence-corrected chi connectivity index (χ0v) is 11.7. The van der Waals surface area contributed by atoms with Crippen LogP contribution in [0, 0.1) is 17.5 Å². The summed E-state index contributed by atoms with van der Waals surface area (Å²) >= 11 is 1.42. The predicted molar refractivity (Wildman–Crippen MR) is 71.2 cm³/mol. The van der Waals surface area contributed by atoms with E-state index in [0.717, 1.165) is 11.1 Å². The summed E-state index contributed by atoms with van der Waals surface area (Å²) < 4.78 is 44.4. The number of hydrogen-bond acceptors (Lipinski definition) is 4. The summed E-state index contributed by atoms with van der Waals surface area (Å²) in [4.78, 5) is 4.31. The normalized spacial score (nSPS) is 12.4. The topological polar surface area (TPSA) is 34.1 Å². The summed E-state index contributed by atoms with van der Waals surface area (Å²) in [5.74, 6) is -3.15. The van der Waals surface area contributed by atoms with Crippen LogP contribution in [-0.2, 0) is 11.3 Å². The van der Waals surface area contributed by atoms with Gasteiger partial charge in [0.25, 0.3) is 0 Å². The fourth-order valence-electron chi connectivity index (χ4n) is 1.54. The summed E-state index contributed by atoms with van der Waals surface area (Å²) in [6.07, 6.45) is -0.117. The predicted octanol–water partition coefficient (Wildman–Crippen LogP) is 3.88. The maximum atomic E-state index is 13.4. The van der Waals surface area contributed by atoms with E-state index >= 15 is 0 Å². The summed E-state index contributed by atoms with van der Waals surface area (Å²) in [5, 5.41) is 5.29. The van der Waals surface area contributed by atoms with E-state index in [9.17, 15) is 13.2 Å². The minimum absolute atomic E-state index is 0.0989. The Morgan fingerprint density at radius 2 is 1.95 bits per heavy atom. The van der Waals surface area contributed by atoms with Crippen LogP contribution in [0.3, 0.4) is 0 Å². The SMILES string of the molecule is COC(C)c1nc(CNc2cc(F)c(F)cc2F)cs1. The molecule has 1 aromatic carbocycles. The number of ether oxygens (including phenoxy) is 1. The van der Waals surface area contributed by atoms with Crippen molar-refractivity contribution in [3.05, 3.63) is 45.7 Å². The molecule has 2 rings (SSSR count). The van der Waals surface area contributed by atoms with Gasteiger partial charge in [0.05, 0.1) is 17.9 Å². The fraction of sp³-hybridized carbons (Fsp3) is 0.308. The van der Waals surface area contributed by atoms with Crippen molar-refractivity contribution in [2.75, 3.05) is 12.4 Å². The number of thiazole rings is 1. The molecule has 3 nitrogen and oxygen atoms in total. The lowest BCUT2D eigenvalue weighted by molar-refractivity contribution is 0.119. The van der Waals surface area contributed by atoms with Gasteiger partial charge >= 0.3 is 0 Å². The van der Waals surface area contributed by atoms with Gasteiger partial charge in [0.2, 0.25) is 0 Å². The molecule has 108 valence electrons. The van der Waals surface area contributed by atoms with Crippen molar-refractivity contribution in [3.8, 4) is 0 Å². The first kappa shape index (κ1) is 14.8. The van der Waals surface area contributed by atoms with Crippen molar-refractivity contribution in [3.63, 3.8) is 0 Å². The molecule has 1 N–H and O–H groups in total. The van der Waals surface area contributed by atoms with E-state index in [1.165, 1.54) is 11.3 Å². The second kappa shape index (κ2) is 6.23. The summed E-state index contributed by atoms with van der Waals surface area (Å²) in [6.45, 7) is 2.08. The molecule has 0 spiro atoms. The van der Waals surface area contributed by atoms with Crippen LogP contribution in [0.15, 0.2) is 17.5 Å². The first-order valence-electron chi connectivity index (χ1n) is 5.86. The Labute approximate surface area is 118 Å². The van der Waals surface area contributed by atoms with E-state index in [-0.39, 0.29) is 18.3 Å². The number of rotatable bonds is 5. The molecule has 7 heteroatoms. The van der Waals surface area contributed by atoms with E-state index in [4.69, 9.17) is 4.74 Å². The van der Waals surface area contributed by atoms with Crippen molar-refractivity contribution in [2.45, 2.75) is 19.6 Å². The van der Waals surface area contributed by atoms with Gasteiger partial charge in [-0.2, -0.15) is 0 Å². The molecule has 20 heavy (non-hydrogen) atoms.